The van der Waals surface area contributed by atoms with Gasteiger partial charge in [-0.2, -0.15) is 0 Å². The van der Waals surface area contributed by atoms with Crippen LogP contribution in [0.25, 0.3) is 0 Å². The summed E-state index contributed by atoms with van der Waals surface area (Å²) in [5.41, 5.74) is 1.02. The fourth-order valence-corrected chi connectivity index (χ4v) is 2.55. The van der Waals surface area contributed by atoms with Gasteiger partial charge in [0.05, 0.1) is 6.42 Å². The van der Waals surface area contributed by atoms with E-state index in [9.17, 15) is 4.79 Å². The van der Waals surface area contributed by atoms with Crippen LogP contribution in [0.1, 0.15) is 19.4 Å². The van der Waals surface area contributed by atoms with Crippen LogP contribution in [0.5, 0.6) is 0 Å². The van der Waals surface area contributed by atoms with Gasteiger partial charge in [0.1, 0.15) is 0 Å². The number of hydrogen-bond donors (Lipinski definition) is 1. The van der Waals surface area contributed by atoms with Gasteiger partial charge in [0, 0.05) is 30.2 Å². The molecule has 1 aliphatic rings. The third-order valence-electron chi connectivity index (χ3n) is 3.18. The molecule has 1 heterocycles. The Morgan fingerprint density at radius 1 is 1.26 bits per heavy atom. The van der Waals surface area contributed by atoms with Gasteiger partial charge in [0.15, 0.2) is 0 Å². The summed E-state index contributed by atoms with van der Waals surface area (Å²) in [5.74, 6) is 0.192. The van der Waals surface area contributed by atoms with E-state index in [1.165, 1.54) is 0 Å². The predicted molar refractivity (Wildman–Crippen MR) is 81.0 cm³/mol. The third-order valence-corrected chi connectivity index (χ3v) is 3.43. The van der Waals surface area contributed by atoms with Crippen molar-refractivity contribution in [2.45, 2.75) is 32.4 Å². The van der Waals surface area contributed by atoms with Gasteiger partial charge in [-0.3, -0.25) is 4.79 Å². The van der Waals surface area contributed by atoms with Gasteiger partial charge in [0.2, 0.25) is 5.91 Å². The van der Waals surface area contributed by atoms with E-state index >= 15 is 0 Å². The minimum Gasteiger partial charge on any atom is -0.339 e. The molecule has 1 fully saturated rings. The zero-order valence-electron chi connectivity index (χ0n) is 11.2. The maximum Gasteiger partial charge on any atom is 0.227 e. The van der Waals surface area contributed by atoms with Crippen molar-refractivity contribution in [1.82, 2.24) is 10.2 Å². The summed E-state index contributed by atoms with van der Waals surface area (Å²) in [6.07, 6.45) is 0.455. The fourth-order valence-electron chi connectivity index (χ4n) is 2.42. The molecule has 5 heteroatoms. The molecule has 1 saturated heterocycles. The Kier molecular flexibility index (Phi) is 6.11. The third kappa shape index (κ3) is 4.68. The SMILES string of the molecule is CC1CN(C(=O)Cc2ccc(Cl)cc2)CC(C)N1.Cl. The van der Waals surface area contributed by atoms with E-state index in [0.29, 0.717) is 23.5 Å². The Hall–Kier alpha value is -0.770. The number of halogens is 2. The van der Waals surface area contributed by atoms with Gasteiger partial charge in [-0.1, -0.05) is 23.7 Å². The zero-order chi connectivity index (χ0) is 13.1. The molecule has 0 saturated carbocycles. The highest BCUT2D eigenvalue weighted by atomic mass is 35.5. The minimum absolute atomic E-state index is 0. The number of nitrogens with one attached hydrogen (secondary N) is 1. The summed E-state index contributed by atoms with van der Waals surface area (Å²) >= 11 is 5.83. The lowest BCUT2D eigenvalue weighted by atomic mass is 10.1. The largest absolute Gasteiger partial charge is 0.339 e. The van der Waals surface area contributed by atoms with E-state index in [-0.39, 0.29) is 18.3 Å². The molecule has 1 amide bonds. The fraction of sp³-hybridized carbons (Fsp3) is 0.500. The van der Waals surface area contributed by atoms with Gasteiger partial charge in [-0.25, -0.2) is 0 Å². The van der Waals surface area contributed by atoms with E-state index in [0.717, 1.165) is 18.7 Å². The molecule has 2 rings (SSSR count). The summed E-state index contributed by atoms with van der Waals surface area (Å²) < 4.78 is 0. The molecule has 1 aliphatic heterocycles. The number of hydrogen-bond acceptors (Lipinski definition) is 2. The average molecular weight is 303 g/mol. The average Bonchev–Trinajstić information content (AvgIpc) is 2.31. The van der Waals surface area contributed by atoms with E-state index in [2.05, 4.69) is 19.2 Å². The topological polar surface area (TPSA) is 32.3 Å². The highest BCUT2D eigenvalue weighted by molar-refractivity contribution is 6.30. The zero-order valence-corrected chi connectivity index (χ0v) is 12.8. The van der Waals surface area contributed by atoms with Crippen LogP contribution in [0.15, 0.2) is 24.3 Å². The van der Waals surface area contributed by atoms with Crippen molar-refractivity contribution in [3.63, 3.8) is 0 Å². The first kappa shape index (κ1) is 16.3. The van der Waals surface area contributed by atoms with Crippen LogP contribution in [0, 0.1) is 0 Å². The molecule has 0 aliphatic carbocycles. The number of carbonyl (C=O) groups is 1. The second kappa shape index (κ2) is 7.13. The lowest BCUT2D eigenvalue weighted by Crippen LogP contribution is -2.56. The first-order chi connectivity index (χ1) is 8.54. The van der Waals surface area contributed by atoms with Crippen molar-refractivity contribution in [3.8, 4) is 0 Å². The van der Waals surface area contributed by atoms with Crippen LogP contribution in [0.2, 0.25) is 5.02 Å². The number of benzene rings is 1. The van der Waals surface area contributed by atoms with Crippen molar-refractivity contribution < 1.29 is 4.79 Å². The lowest BCUT2D eigenvalue weighted by Gasteiger charge is -2.36. The lowest BCUT2D eigenvalue weighted by molar-refractivity contribution is -0.132. The van der Waals surface area contributed by atoms with E-state index < -0.39 is 0 Å². The van der Waals surface area contributed by atoms with Crippen LogP contribution < -0.4 is 5.32 Å². The maximum absolute atomic E-state index is 12.2. The molecule has 1 aromatic rings. The van der Waals surface area contributed by atoms with E-state index in [4.69, 9.17) is 11.6 Å². The number of nitrogens with zero attached hydrogens (tertiary/aromatic N) is 1. The molecule has 2 unspecified atom stereocenters. The van der Waals surface area contributed by atoms with E-state index in [1.54, 1.807) is 0 Å². The van der Waals surface area contributed by atoms with Crippen LogP contribution in [0.4, 0.5) is 0 Å². The Morgan fingerprint density at radius 2 is 1.79 bits per heavy atom. The number of amides is 1. The van der Waals surface area contributed by atoms with Crippen LogP contribution in [-0.4, -0.2) is 36.0 Å². The Morgan fingerprint density at radius 3 is 2.32 bits per heavy atom. The summed E-state index contributed by atoms with van der Waals surface area (Å²) in [4.78, 5) is 14.2. The molecule has 0 bridgehead atoms. The second-order valence-electron chi connectivity index (χ2n) is 5.07. The Balaban J connectivity index is 0.00000180. The Bertz CT molecular complexity index is 412. The van der Waals surface area contributed by atoms with Gasteiger partial charge < -0.3 is 10.2 Å². The van der Waals surface area contributed by atoms with Crippen molar-refractivity contribution in [2.24, 2.45) is 0 Å². The monoisotopic (exact) mass is 302 g/mol. The molecule has 0 spiro atoms. The summed E-state index contributed by atoms with van der Waals surface area (Å²) in [6.45, 7) is 5.80. The first-order valence-electron chi connectivity index (χ1n) is 6.33. The summed E-state index contributed by atoms with van der Waals surface area (Å²) in [6, 6.07) is 8.20. The van der Waals surface area contributed by atoms with Crippen molar-refractivity contribution >= 4 is 29.9 Å². The molecule has 106 valence electrons. The van der Waals surface area contributed by atoms with E-state index in [1.807, 2.05) is 29.2 Å². The summed E-state index contributed by atoms with van der Waals surface area (Å²) in [5, 5.41) is 4.13. The van der Waals surface area contributed by atoms with Crippen LogP contribution >= 0.6 is 24.0 Å². The van der Waals surface area contributed by atoms with Crippen LogP contribution in [-0.2, 0) is 11.2 Å². The van der Waals surface area contributed by atoms with Gasteiger partial charge >= 0.3 is 0 Å². The van der Waals surface area contributed by atoms with Crippen LogP contribution in [0.3, 0.4) is 0 Å². The molecule has 0 radical (unpaired) electrons. The normalized spacial score (nSPS) is 22.8. The Labute approximate surface area is 125 Å². The van der Waals surface area contributed by atoms with Crippen molar-refractivity contribution in [2.75, 3.05) is 13.1 Å². The molecule has 1 N–H and O–H groups in total. The summed E-state index contributed by atoms with van der Waals surface area (Å²) in [7, 11) is 0. The molecule has 3 nitrogen and oxygen atoms in total. The molecule has 2 atom stereocenters. The predicted octanol–water partition coefficient (Wildman–Crippen LogP) is 2.51. The van der Waals surface area contributed by atoms with Crippen molar-refractivity contribution in [1.29, 1.82) is 0 Å². The highest BCUT2D eigenvalue weighted by Crippen LogP contribution is 2.12. The first-order valence-corrected chi connectivity index (χ1v) is 6.70. The van der Waals surface area contributed by atoms with Crippen molar-refractivity contribution in [3.05, 3.63) is 34.9 Å². The van der Waals surface area contributed by atoms with Gasteiger partial charge in [-0.05, 0) is 31.5 Å². The molecule has 1 aromatic carbocycles. The van der Waals surface area contributed by atoms with Gasteiger partial charge in [-0.15, -0.1) is 12.4 Å². The minimum atomic E-state index is 0. The molecule has 19 heavy (non-hydrogen) atoms. The van der Waals surface area contributed by atoms with Gasteiger partial charge in [0.25, 0.3) is 0 Å². The number of rotatable bonds is 2. The standard InChI is InChI=1S/C14H19ClN2O.ClH/c1-10-8-17(9-11(2)16-10)14(18)7-12-3-5-13(15)6-4-12;/h3-6,10-11,16H,7-9H2,1-2H3;1H. The molecular weight excluding hydrogens is 283 g/mol. The highest BCUT2D eigenvalue weighted by Gasteiger charge is 2.24. The number of piperazine rings is 1. The quantitative estimate of drug-likeness (QED) is 0.910. The second-order valence-corrected chi connectivity index (χ2v) is 5.51. The maximum atomic E-state index is 12.2. The number of carbonyl (C=O) groups excluding carboxylic acids is 1. The molecular formula is C14H20Cl2N2O. The molecule has 0 aromatic heterocycles. The smallest absolute Gasteiger partial charge is 0.227 e.